The molecule has 1 atom stereocenters. The Morgan fingerprint density at radius 1 is 1.41 bits per heavy atom. The van der Waals surface area contributed by atoms with E-state index in [9.17, 15) is 4.79 Å². The quantitative estimate of drug-likeness (QED) is 0.623. The minimum absolute atomic E-state index is 0.0993. The Morgan fingerprint density at radius 2 is 2.06 bits per heavy atom. The summed E-state index contributed by atoms with van der Waals surface area (Å²) < 4.78 is 15.8. The van der Waals surface area contributed by atoms with Gasteiger partial charge in [0.25, 0.3) is 0 Å². The number of ether oxygens (including phenoxy) is 3. The van der Waals surface area contributed by atoms with Crippen molar-refractivity contribution >= 4 is 5.97 Å². The Bertz CT molecular complexity index is 227. The molecule has 5 heteroatoms. The molecule has 1 unspecified atom stereocenters. The molecular weight excluding hydrogens is 222 g/mol. The lowest BCUT2D eigenvalue weighted by molar-refractivity contribution is -0.149. The van der Waals surface area contributed by atoms with Crippen LogP contribution in [0.1, 0.15) is 19.8 Å². The van der Waals surface area contributed by atoms with Crippen LogP contribution in [0.5, 0.6) is 0 Å². The lowest BCUT2D eigenvalue weighted by Gasteiger charge is -2.20. The first kappa shape index (κ1) is 14.4. The molecule has 0 aromatic rings. The Balaban J connectivity index is 2.35. The second-order valence-corrected chi connectivity index (χ2v) is 4.46. The molecule has 0 saturated carbocycles. The molecule has 100 valence electrons. The largest absolute Gasteiger partial charge is 0.466 e. The van der Waals surface area contributed by atoms with Gasteiger partial charge in [0.05, 0.1) is 25.7 Å². The Morgan fingerprint density at radius 3 is 2.59 bits per heavy atom. The monoisotopic (exact) mass is 245 g/mol. The normalized spacial score (nSPS) is 18.6. The molecule has 0 spiro atoms. The first-order valence-electron chi connectivity index (χ1n) is 6.18. The minimum atomic E-state index is -0.144. The van der Waals surface area contributed by atoms with Gasteiger partial charge >= 0.3 is 5.97 Å². The van der Waals surface area contributed by atoms with Crippen LogP contribution in [-0.2, 0) is 19.0 Å². The van der Waals surface area contributed by atoms with Gasteiger partial charge in [-0.05, 0) is 33.9 Å². The number of esters is 1. The van der Waals surface area contributed by atoms with Gasteiger partial charge in [-0.1, -0.05) is 0 Å². The summed E-state index contributed by atoms with van der Waals surface area (Å²) in [5.41, 5.74) is 0. The molecule has 0 bridgehead atoms. The molecule has 1 aliphatic heterocycles. The van der Waals surface area contributed by atoms with Gasteiger partial charge in [-0.15, -0.1) is 0 Å². The van der Waals surface area contributed by atoms with E-state index in [1.54, 1.807) is 0 Å². The number of carbonyl (C=O) groups is 1. The highest BCUT2D eigenvalue weighted by atomic mass is 16.7. The molecular formula is C12H23NO4. The van der Waals surface area contributed by atoms with Gasteiger partial charge in [0, 0.05) is 6.54 Å². The van der Waals surface area contributed by atoms with Crippen molar-refractivity contribution in [3.05, 3.63) is 0 Å². The molecule has 0 aromatic carbocycles. The van der Waals surface area contributed by atoms with E-state index in [-0.39, 0.29) is 18.2 Å². The van der Waals surface area contributed by atoms with E-state index >= 15 is 0 Å². The van der Waals surface area contributed by atoms with Gasteiger partial charge in [-0.2, -0.15) is 0 Å². The lowest BCUT2D eigenvalue weighted by atomic mass is 10.0. The van der Waals surface area contributed by atoms with Crippen molar-refractivity contribution in [1.29, 1.82) is 0 Å². The average molecular weight is 245 g/mol. The zero-order valence-electron chi connectivity index (χ0n) is 11.0. The Labute approximate surface area is 103 Å². The highest BCUT2D eigenvalue weighted by Gasteiger charge is 2.24. The van der Waals surface area contributed by atoms with Crippen LogP contribution in [0.2, 0.25) is 0 Å². The standard InChI is InChI=1S/C12H23NO4/c1-4-15-12(14)10(9-13(2)3)5-6-11-16-7-8-17-11/h10-11H,4-9H2,1-3H3. The van der Waals surface area contributed by atoms with E-state index in [0.717, 1.165) is 12.8 Å². The molecule has 0 aliphatic carbocycles. The highest BCUT2D eigenvalue weighted by molar-refractivity contribution is 5.72. The molecule has 0 radical (unpaired) electrons. The van der Waals surface area contributed by atoms with Crippen LogP contribution in [0.3, 0.4) is 0 Å². The topological polar surface area (TPSA) is 48.0 Å². The zero-order valence-corrected chi connectivity index (χ0v) is 11.0. The predicted molar refractivity (Wildman–Crippen MR) is 63.6 cm³/mol. The van der Waals surface area contributed by atoms with Gasteiger partial charge in [0.2, 0.25) is 0 Å². The molecule has 0 N–H and O–H groups in total. The number of hydrogen-bond acceptors (Lipinski definition) is 5. The van der Waals surface area contributed by atoms with Crippen LogP contribution in [0.15, 0.2) is 0 Å². The van der Waals surface area contributed by atoms with Gasteiger partial charge in [0.15, 0.2) is 6.29 Å². The third kappa shape index (κ3) is 5.48. The number of carbonyl (C=O) groups excluding carboxylic acids is 1. The fourth-order valence-electron chi connectivity index (χ4n) is 1.90. The lowest BCUT2D eigenvalue weighted by Crippen LogP contribution is -2.30. The number of hydrogen-bond donors (Lipinski definition) is 0. The zero-order chi connectivity index (χ0) is 12.7. The van der Waals surface area contributed by atoms with Gasteiger partial charge in [0.1, 0.15) is 0 Å². The van der Waals surface area contributed by atoms with Crippen molar-refractivity contribution in [3.63, 3.8) is 0 Å². The van der Waals surface area contributed by atoms with Crippen LogP contribution < -0.4 is 0 Å². The third-order valence-electron chi connectivity index (χ3n) is 2.65. The van der Waals surface area contributed by atoms with E-state index in [2.05, 4.69) is 0 Å². The second kappa shape index (κ2) is 7.63. The summed E-state index contributed by atoms with van der Waals surface area (Å²) in [5, 5.41) is 0. The van der Waals surface area contributed by atoms with Crippen LogP contribution in [0.25, 0.3) is 0 Å². The van der Waals surface area contributed by atoms with Crippen LogP contribution in [0.4, 0.5) is 0 Å². The van der Waals surface area contributed by atoms with E-state index < -0.39 is 0 Å². The maximum atomic E-state index is 11.8. The molecule has 1 fully saturated rings. The Hall–Kier alpha value is -0.650. The van der Waals surface area contributed by atoms with Crippen molar-refractivity contribution in [3.8, 4) is 0 Å². The van der Waals surface area contributed by atoms with Crippen molar-refractivity contribution in [2.75, 3.05) is 40.5 Å². The molecule has 0 amide bonds. The summed E-state index contributed by atoms with van der Waals surface area (Å²) in [6, 6.07) is 0. The van der Waals surface area contributed by atoms with Crippen molar-refractivity contribution in [2.24, 2.45) is 5.92 Å². The third-order valence-corrected chi connectivity index (χ3v) is 2.65. The van der Waals surface area contributed by atoms with Crippen LogP contribution in [-0.4, -0.2) is 57.6 Å². The average Bonchev–Trinajstić information content (AvgIpc) is 2.76. The number of nitrogens with zero attached hydrogens (tertiary/aromatic N) is 1. The van der Waals surface area contributed by atoms with Gasteiger partial charge < -0.3 is 19.1 Å². The fourth-order valence-corrected chi connectivity index (χ4v) is 1.90. The van der Waals surface area contributed by atoms with Crippen molar-refractivity contribution < 1.29 is 19.0 Å². The predicted octanol–water partition coefficient (Wildman–Crippen LogP) is 0.880. The van der Waals surface area contributed by atoms with E-state index in [1.807, 2.05) is 25.9 Å². The summed E-state index contributed by atoms with van der Waals surface area (Å²) >= 11 is 0. The summed E-state index contributed by atoms with van der Waals surface area (Å²) in [4.78, 5) is 13.8. The maximum Gasteiger partial charge on any atom is 0.310 e. The first-order chi connectivity index (χ1) is 8.13. The van der Waals surface area contributed by atoms with Crippen LogP contribution >= 0.6 is 0 Å². The van der Waals surface area contributed by atoms with E-state index in [1.165, 1.54) is 0 Å². The second-order valence-electron chi connectivity index (χ2n) is 4.46. The molecule has 1 saturated heterocycles. The van der Waals surface area contributed by atoms with Gasteiger partial charge in [-0.25, -0.2) is 0 Å². The summed E-state index contributed by atoms with van der Waals surface area (Å²) in [6.45, 7) is 4.27. The fraction of sp³-hybridized carbons (Fsp3) is 0.917. The van der Waals surface area contributed by atoms with Crippen molar-refractivity contribution in [1.82, 2.24) is 4.90 Å². The highest BCUT2D eigenvalue weighted by Crippen LogP contribution is 2.16. The first-order valence-corrected chi connectivity index (χ1v) is 6.18. The SMILES string of the molecule is CCOC(=O)C(CCC1OCCO1)CN(C)C. The van der Waals surface area contributed by atoms with Crippen LogP contribution in [0, 0.1) is 5.92 Å². The summed E-state index contributed by atoms with van der Waals surface area (Å²) in [5.74, 6) is -0.225. The summed E-state index contributed by atoms with van der Waals surface area (Å²) in [6.07, 6.45) is 1.34. The molecule has 1 rings (SSSR count). The summed E-state index contributed by atoms with van der Waals surface area (Å²) in [7, 11) is 3.91. The van der Waals surface area contributed by atoms with Gasteiger partial charge in [-0.3, -0.25) is 4.79 Å². The molecule has 1 aliphatic rings. The molecule has 1 heterocycles. The minimum Gasteiger partial charge on any atom is -0.466 e. The maximum absolute atomic E-state index is 11.8. The number of rotatable bonds is 7. The smallest absolute Gasteiger partial charge is 0.310 e. The van der Waals surface area contributed by atoms with E-state index in [0.29, 0.717) is 26.4 Å². The molecule has 17 heavy (non-hydrogen) atoms. The molecule has 0 aromatic heterocycles. The Kier molecular flexibility index (Phi) is 6.47. The van der Waals surface area contributed by atoms with E-state index in [4.69, 9.17) is 14.2 Å². The van der Waals surface area contributed by atoms with Crippen molar-refractivity contribution in [2.45, 2.75) is 26.1 Å². The molecule has 5 nitrogen and oxygen atoms in total.